The van der Waals surface area contributed by atoms with Gasteiger partial charge in [-0.25, -0.2) is 5.43 Å². The lowest BCUT2D eigenvalue weighted by molar-refractivity contribution is -0.123. The summed E-state index contributed by atoms with van der Waals surface area (Å²) in [7, 11) is 1.59. The van der Waals surface area contributed by atoms with Gasteiger partial charge < -0.3 is 20.5 Å². The van der Waals surface area contributed by atoms with E-state index in [0.717, 1.165) is 5.75 Å². The molecule has 3 unspecified atom stereocenters. The van der Waals surface area contributed by atoms with Crippen molar-refractivity contribution in [1.29, 1.82) is 0 Å². The predicted octanol–water partition coefficient (Wildman–Crippen LogP) is -0.701. The molecule has 1 aliphatic rings. The standard InChI is InChI=1S/C15H22N4O4/c1-9-13(14(15(16)21)19-18-9)17-12(20)7-8-23-11-5-3-10(22-2)4-6-11/h3-6,9,13-14,18-19H,7-8H2,1-2H3,(H2,16,21)(H,17,20). The first-order valence-electron chi connectivity index (χ1n) is 7.38. The first-order chi connectivity index (χ1) is 11.0. The zero-order valence-corrected chi connectivity index (χ0v) is 13.2. The van der Waals surface area contributed by atoms with Crippen LogP contribution < -0.4 is 31.4 Å². The summed E-state index contributed by atoms with van der Waals surface area (Å²) in [5.41, 5.74) is 11.0. The highest BCUT2D eigenvalue weighted by Crippen LogP contribution is 2.17. The van der Waals surface area contributed by atoms with E-state index in [1.54, 1.807) is 31.4 Å². The molecule has 0 bridgehead atoms. The second kappa shape index (κ2) is 7.80. The molecule has 1 aliphatic heterocycles. The smallest absolute Gasteiger partial charge is 0.238 e. The van der Waals surface area contributed by atoms with Gasteiger partial charge in [-0.05, 0) is 31.2 Å². The minimum absolute atomic E-state index is 0.0982. The molecule has 2 amide bonds. The fourth-order valence-corrected chi connectivity index (χ4v) is 2.34. The van der Waals surface area contributed by atoms with Crippen LogP contribution in [0.4, 0.5) is 0 Å². The van der Waals surface area contributed by atoms with Gasteiger partial charge in [0.15, 0.2) is 0 Å². The molecule has 1 fully saturated rings. The van der Waals surface area contributed by atoms with E-state index < -0.39 is 11.9 Å². The zero-order valence-electron chi connectivity index (χ0n) is 13.2. The minimum atomic E-state index is -0.628. The molecule has 0 aliphatic carbocycles. The number of carbonyl (C=O) groups excluding carboxylic acids is 2. The molecule has 1 heterocycles. The molecule has 126 valence electrons. The number of amides is 2. The van der Waals surface area contributed by atoms with E-state index >= 15 is 0 Å². The van der Waals surface area contributed by atoms with Crippen LogP contribution in [0.25, 0.3) is 0 Å². The SMILES string of the molecule is COc1ccc(OCCC(=O)NC2C(C)NNC2C(N)=O)cc1. The van der Waals surface area contributed by atoms with Crippen molar-refractivity contribution in [1.82, 2.24) is 16.2 Å². The van der Waals surface area contributed by atoms with Crippen LogP contribution in [0.1, 0.15) is 13.3 Å². The molecule has 23 heavy (non-hydrogen) atoms. The third-order valence-electron chi connectivity index (χ3n) is 3.66. The van der Waals surface area contributed by atoms with Gasteiger partial charge in [0.1, 0.15) is 17.5 Å². The third kappa shape index (κ3) is 4.57. The molecule has 0 radical (unpaired) electrons. The number of carbonyl (C=O) groups is 2. The van der Waals surface area contributed by atoms with Crippen LogP contribution in [0.5, 0.6) is 11.5 Å². The summed E-state index contributed by atoms with van der Waals surface area (Å²) in [6.45, 7) is 2.09. The van der Waals surface area contributed by atoms with E-state index in [4.69, 9.17) is 15.2 Å². The van der Waals surface area contributed by atoms with Crippen LogP contribution in [0.15, 0.2) is 24.3 Å². The fourth-order valence-electron chi connectivity index (χ4n) is 2.34. The molecule has 2 rings (SSSR count). The second-order valence-corrected chi connectivity index (χ2v) is 5.32. The van der Waals surface area contributed by atoms with Gasteiger partial charge in [-0.3, -0.25) is 15.0 Å². The molecule has 3 atom stereocenters. The van der Waals surface area contributed by atoms with Crippen molar-refractivity contribution in [3.63, 3.8) is 0 Å². The van der Waals surface area contributed by atoms with Crippen molar-refractivity contribution >= 4 is 11.8 Å². The van der Waals surface area contributed by atoms with Crippen LogP contribution in [0, 0.1) is 0 Å². The number of benzene rings is 1. The van der Waals surface area contributed by atoms with E-state index in [0.29, 0.717) is 5.75 Å². The Morgan fingerprint density at radius 1 is 1.22 bits per heavy atom. The molecule has 5 N–H and O–H groups in total. The third-order valence-corrected chi connectivity index (χ3v) is 3.66. The van der Waals surface area contributed by atoms with Crippen LogP contribution in [0.2, 0.25) is 0 Å². The van der Waals surface area contributed by atoms with Crippen LogP contribution in [-0.4, -0.2) is 43.7 Å². The summed E-state index contributed by atoms with van der Waals surface area (Å²) in [5.74, 6) is 0.683. The van der Waals surface area contributed by atoms with Crippen molar-refractivity contribution < 1.29 is 19.1 Å². The summed E-state index contributed by atoms with van der Waals surface area (Å²) < 4.78 is 10.6. The highest BCUT2D eigenvalue weighted by Gasteiger charge is 2.37. The summed E-state index contributed by atoms with van der Waals surface area (Å²) in [4.78, 5) is 23.3. The topological polar surface area (TPSA) is 115 Å². The van der Waals surface area contributed by atoms with Crippen molar-refractivity contribution in [2.75, 3.05) is 13.7 Å². The van der Waals surface area contributed by atoms with Gasteiger partial charge in [-0.1, -0.05) is 0 Å². The highest BCUT2D eigenvalue weighted by atomic mass is 16.5. The number of hydrogen-bond donors (Lipinski definition) is 4. The van der Waals surface area contributed by atoms with Gasteiger partial charge in [0.05, 0.1) is 26.2 Å². The number of nitrogens with one attached hydrogen (secondary N) is 3. The Balaban J connectivity index is 1.77. The van der Waals surface area contributed by atoms with E-state index in [-0.39, 0.29) is 31.0 Å². The normalized spacial score (nSPS) is 23.3. The van der Waals surface area contributed by atoms with Crippen molar-refractivity contribution in [3.05, 3.63) is 24.3 Å². The molecule has 0 aromatic heterocycles. The van der Waals surface area contributed by atoms with Gasteiger partial charge in [-0.2, -0.15) is 0 Å². The monoisotopic (exact) mass is 322 g/mol. The van der Waals surface area contributed by atoms with E-state index in [2.05, 4.69) is 16.2 Å². The number of ether oxygens (including phenoxy) is 2. The Hall–Kier alpha value is -2.32. The fraction of sp³-hybridized carbons (Fsp3) is 0.467. The Labute approximate surface area is 134 Å². The van der Waals surface area contributed by atoms with Crippen molar-refractivity contribution in [3.8, 4) is 11.5 Å². The van der Waals surface area contributed by atoms with Crippen molar-refractivity contribution in [2.45, 2.75) is 31.5 Å². The van der Waals surface area contributed by atoms with Crippen LogP contribution in [0.3, 0.4) is 0 Å². The Bertz CT molecular complexity index is 549. The average molecular weight is 322 g/mol. The number of hydrogen-bond acceptors (Lipinski definition) is 6. The van der Waals surface area contributed by atoms with Crippen LogP contribution in [-0.2, 0) is 9.59 Å². The largest absolute Gasteiger partial charge is 0.497 e. The Morgan fingerprint density at radius 3 is 2.48 bits per heavy atom. The summed E-state index contributed by atoms with van der Waals surface area (Å²) in [6.07, 6.45) is 0.181. The van der Waals surface area contributed by atoms with E-state index in [9.17, 15) is 9.59 Å². The number of rotatable bonds is 7. The number of hydrazine groups is 1. The average Bonchev–Trinajstić information content (AvgIpc) is 2.89. The number of methoxy groups -OCH3 is 1. The minimum Gasteiger partial charge on any atom is -0.497 e. The van der Waals surface area contributed by atoms with Gasteiger partial charge in [0.2, 0.25) is 11.8 Å². The van der Waals surface area contributed by atoms with E-state index in [1.807, 2.05) is 6.92 Å². The van der Waals surface area contributed by atoms with Gasteiger partial charge in [-0.15, -0.1) is 0 Å². The zero-order chi connectivity index (χ0) is 16.8. The molecule has 1 aromatic rings. The van der Waals surface area contributed by atoms with Crippen molar-refractivity contribution in [2.24, 2.45) is 5.73 Å². The first-order valence-corrected chi connectivity index (χ1v) is 7.38. The molecular formula is C15H22N4O4. The Kier molecular flexibility index (Phi) is 5.78. The summed E-state index contributed by atoms with van der Waals surface area (Å²) >= 11 is 0. The predicted molar refractivity (Wildman–Crippen MR) is 83.8 cm³/mol. The summed E-state index contributed by atoms with van der Waals surface area (Å²) in [5, 5.41) is 2.80. The lowest BCUT2D eigenvalue weighted by Crippen LogP contribution is -2.53. The van der Waals surface area contributed by atoms with Gasteiger partial charge in [0.25, 0.3) is 0 Å². The number of nitrogens with two attached hydrogens (primary N) is 1. The molecule has 0 saturated carbocycles. The lowest BCUT2D eigenvalue weighted by atomic mass is 10.0. The first kappa shape index (κ1) is 17.0. The molecule has 8 heteroatoms. The van der Waals surface area contributed by atoms with E-state index in [1.165, 1.54) is 0 Å². The maximum absolute atomic E-state index is 12.0. The maximum Gasteiger partial charge on any atom is 0.238 e. The van der Waals surface area contributed by atoms with Gasteiger partial charge >= 0.3 is 0 Å². The molecule has 8 nitrogen and oxygen atoms in total. The molecule has 0 spiro atoms. The highest BCUT2D eigenvalue weighted by molar-refractivity contribution is 5.83. The molecular weight excluding hydrogens is 300 g/mol. The lowest BCUT2D eigenvalue weighted by Gasteiger charge is -2.20. The summed E-state index contributed by atoms with van der Waals surface area (Å²) in [6, 6.07) is 5.99. The molecule has 1 aromatic carbocycles. The van der Waals surface area contributed by atoms with Crippen LogP contribution >= 0.6 is 0 Å². The quantitative estimate of drug-likeness (QED) is 0.528. The van der Waals surface area contributed by atoms with Gasteiger partial charge in [0, 0.05) is 6.04 Å². The number of primary amides is 1. The second-order valence-electron chi connectivity index (χ2n) is 5.32. The molecule has 1 saturated heterocycles. The Morgan fingerprint density at radius 2 is 1.87 bits per heavy atom. The maximum atomic E-state index is 12.0.